The second-order valence-electron chi connectivity index (χ2n) is 5.39. The molecule has 1 heterocycles. The van der Waals surface area contributed by atoms with Gasteiger partial charge in [-0.1, -0.05) is 25.5 Å². The van der Waals surface area contributed by atoms with Crippen molar-refractivity contribution in [2.75, 3.05) is 0 Å². The Hall–Kier alpha value is -2.70. The summed E-state index contributed by atoms with van der Waals surface area (Å²) >= 11 is 0. The van der Waals surface area contributed by atoms with Crippen LogP contribution in [0.4, 0.5) is 0 Å². The molecule has 0 fully saturated rings. The highest BCUT2D eigenvalue weighted by molar-refractivity contribution is 6.22. The third-order valence-electron chi connectivity index (χ3n) is 3.78. The Balaban J connectivity index is 2.16. The van der Waals surface area contributed by atoms with Crippen LogP contribution in [0.15, 0.2) is 24.3 Å². The Bertz CT molecular complexity index is 635. The number of imide groups is 1. The standard InChI is InChI=1S/C16H18N2O5/c1-3-6-12(16(22)23)17-13(19)9(2)18-14(20)10-7-4-5-8-11(10)15(18)21/h4-5,7-9,12H,3,6H2,1-2H3,(H,17,19)(H,22,23). The maximum Gasteiger partial charge on any atom is 0.326 e. The molecule has 7 heteroatoms. The van der Waals surface area contributed by atoms with E-state index in [1.165, 1.54) is 19.1 Å². The molecule has 2 rings (SSSR count). The molecule has 0 spiro atoms. The van der Waals surface area contributed by atoms with Crippen molar-refractivity contribution in [2.24, 2.45) is 0 Å². The molecule has 0 bridgehead atoms. The van der Waals surface area contributed by atoms with Crippen LogP contribution in [0.5, 0.6) is 0 Å². The second kappa shape index (κ2) is 6.60. The van der Waals surface area contributed by atoms with Gasteiger partial charge in [0.05, 0.1) is 11.1 Å². The number of benzene rings is 1. The quantitative estimate of drug-likeness (QED) is 0.763. The van der Waals surface area contributed by atoms with E-state index in [4.69, 9.17) is 5.11 Å². The van der Waals surface area contributed by atoms with E-state index in [0.717, 1.165) is 4.90 Å². The third kappa shape index (κ3) is 3.08. The van der Waals surface area contributed by atoms with Crippen molar-refractivity contribution in [3.8, 4) is 0 Å². The van der Waals surface area contributed by atoms with Crippen molar-refractivity contribution in [1.29, 1.82) is 0 Å². The molecule has 3 amide bonds. The van der Waals surface area contributed by atoms with Crippen LogP contribution in [-0.4, -0.2) is 45.8 Å². The summed E-state index contributed by atoms with van der Waals surface area (Å²) in [5, 5.41) is 11.5. The number of carboxylic acid groups (broad SMARTS) is 1. The minimum Gasteiger partial charge on any atom is -0.480 e. The molecule has 1 aromatic rings. The van der Waals surface area contributed by atoms with Crippen molar-refractivity contribution in [2.45, 2.75) is 38.8 Å². The number of carboxylic acids is 1. The number of nitrogens with zero attached hydrogens (tertiary/aromatic N) is 1. The third-order valence-corrected chi connectivity index (χ3v) is 3.78. The van der Waals surface area contributed by atoms with Gasteiger partial charge in [0, 0.05) is 0 Å². The van der Waals surface area contributed by atoms with Crippen LogP contribution in [-0.2, 0) is 9.59 Å². The number of aliphatic carboxylic acids is 1. The van der Waals surface area contributed by atoms with E-state index in [1.54, 1.807) is 19.1 Å². The molecule has 0 saturated heterocycles. The van der Waals surface area contributed by atoms with Crippen LogP contribution in [0.2, 0.25) is 0 Å². The summed E-state index contributed by atoms with van der Waals surface area (Å²) in [6, 6.07) is 4.21. The fraction of sp³-hybridized carbons (Fsp3) is 0.375. The minimum atomic E-state index is -1.14. The molecular weight excluding hydrogens is 300 g/mol. The summed E-state index contributed by atoms with van der Waals surface area (Å²) in [5.41, 5.74) is 0.501. The fourth-order valence-electron chi connectivity index (χ4n) is 2.52. The van der Waals surface area contributed by atoms with Crippen molar-refractivity contribution < 1.29 is 24.3 Å². The molecule has 2 atom stereocenters. The van der Waals surface area contributed by atoms with Gasteiger partial charge in [0.15, 0.2) is 0 Å². The monoisotopic (exact) mass is 318 g/mol. The predicted molar refractivity (Wildman–Crippen MR) is 80.9 cm³/mol. The molecule has 23 heavy (non-hydrogen) atoms. The molecule has 7 nitrogen and oxygen atoms in total. The largest absolute Gasteiger partial charge is 0.480 e. The molecular formula is C16H18N2O5. The molecule has 0 radical (unpaired) electrons. The first kappa shape index (κ1) is 16.7. The van der Waals surface area contributed by atoms with E-state index >= 15 is 0 Å². The van der Waals surface area contributed by atoms with E-state index in [9.17, 15) is 19.2 Å². The van der Waals surface area contributed by atoms with Crippen molar-refractivity contribution in [1.82, 2.24) is 10.2 Å². The van der Waals surface area contributed by atoms with Crippen molar-refractivity contribution >= 4 is 23.7 Å². The SMILES string of the molecule is CCCC(NC(=O)C(C)N1C(=O)c2ccccc2C1=O)C(=O)O. The van der Waals surface area contributed by atoms with Crippen LogP contribution >= 0.6 is 0 Å². The zero-order chi connectivity index (χ0) is 17.1. The highest BCUT2D eigenvalue weighted by atomic mass is 16.4. The van der Waals surface area contributed by atoms with Gasteiger partial charge in [-0.3, -0.25) is 19.3 Å². The summed E-state index contributed by atoms with van der Waals surface area (Å²) in [6.45, 7) is 3.21. The molecule has 0 saturated carbocycles. The Labute approximate surface area is 133 Å². The summed E-state index contributed by atoms with van der Waals surface area (Å²) in [7, 11) is 0. The fourth-order valence-corrected chi connectivity index (χ4v) is 2.52. The Morgan fingerprint density at radius 2 is 1.70 bits per heavy atom. The smallest absolute Gasteiger partial charge is 0.326 e. The van der Waals surface area contributed by atoms with E-state index in [0.29, 0.717) is 6.42 Å². The van der Waals surface area contributed by atoms with Gasteiger partial charge < -0.3 is 10.4 Å². The lowest BCUT2D eigenvalue weighted by Gasteiger charge is -2.23. The maximum atomic E-state index is 12.3. The molecule has 0 aromatic heterocycles. The number of rotatable bonds is 6. The Morgan fingerprint density at radius 3 is 2.13 bits per heavy atom. The van der Waals surface area contributed by atoms with Crippen LogP contribution in [0.3, 0.4) is 0 Å². The van der Waals surface area contributed by atoms with E-state index in [1.807, 2.05) is 0 Å². The number of fused-ring (bicyclic) bond motifs is 1. The van der Waals surface area contributed by atoms with Crippen LogP contribution in [0, 0.1) is 0 Å². The highest BCUT2D eigenvalue weighted by Gasteiger charge is 2.41. The molecule has 2 N–H and O–H groups in total. The Morgan fingerprint density at radius 1 is 1.17 bits per heavy atom. The predicted octanol–water partition coefficient (Wildman–Crippen LogP) is 1.04. The van der Waals surface area contributed by atoms with Gasteiger partial charge in [0.25, 0.3) is 11.8 Å². The van der Waals surface area contributed by atoms with Crippen LogP contribution < -0.4 is 5.32 Å². The Kier molecular flexibility index (Phi) is 4.78. The van der Waals surface area contributed by atoms with Gasteiger partial charge in [0.1, 0.15) is 12.1 Å². The van der Waals surface area contributed by atoms with Gasteiger partial charge in [-0.15, -0.1) is 0 Å². The summed E-state index contributed by atoms with van der Waals surface area (Å²) in [6.07, 6.45) is 0.856. The highest BCUT2D eigenvalue weighted by Crippen LogP contribution is 2.24. The number of amides is 3. The first-order chi connectivity index (χ1) is 10.9. The average Bonchev–Trinajstić information content (AvgIpc) is 2.78. The van der Waals surface area contributed by atoms with Gasteiger partial charge in [-0.2, -0.15) is 0 Å². The zero-order valence-corrected chi connectivity index (χ0v) is 12.9. The lowest BCUT2D eigenvalue weighted by atomic mass is 10.1. The van der Waals surface area contributed by atoms with E-state index in [-0.39, 0.29) is 17.5 Å². The molecule has 0 aliphatic carbocycles. The normalized spacial score (nSPS) is 16.0. The lowest BCUT2D eigenvalue weighted by Crippen LogP contribution is -2.52. The summed E-state index contributed by atoms with van der Waals surface area (Å²) in [4.78, 5) is 48.8. The first-order valence-corrected chi connectivity index (χ1v) is 7.38. The maximum absolute atomic E-state index is 12.3. The van der Waals surface area contributed by atoms with Crippen LogP contribution in [0.25, 0.3) is 0 Å². The summed E-state index contributed by atoms with van der Waals surface area (Å²) in [5.74, 6) is -2.90. The van der Waals surface area contributed by atoms with E-state index < -0.39 is 35.8 Å². The number of hydrogen-bond donors (Lipinski definition) is 2. The molecule has 2 unspecified atom stereocenters. The van der Waals surface area contributed by atoms with Gasteiger partial charge >= 0.3 is 5.97 Å². The number of hydrogen-bond acceptors (Lipinski definition) is 4. The van der Waals surface area contributed by atoms with Gasteiger partial charge in [0.2, 0.25) is 5.91 Å². The molecule has 122 valence electrons. The molecule has 1 aromatic carbocycles. The molecule has 1 aliphatic rings. The molecule has 1 aliphatic heterocycles. The topological polar surface area (TPSA) is 104 Å². The number of carbonyl (C=O) groups is 4. The number of carbonyl (C=O) groups excluding carboxylic acids is 3. The average molecular weight is 318 g/mol. The zero-order valence-electron chi connectivity index (χ0n) is 12.9. The number of nitrogens with one attached hydrogen (secondary N) is 1. The second-order valence-corrected chi connectivity index (χ2v) is 5.39. The van der Waals surface area contributed by atoms with Crippen molar-refractivity contribution in [3.05, 3.63) is 35.4 Å². The van der Waals surface area contributed by atoms with Crippen LogP contribution in [0.1, 0.15) is 47.4 Å². The van der Waals surface area contributed by atoms with Gasteiger partial charge in [-0.25, -0.2) is 4.79 Å². The van der Waals surface area contributed by atoms with Crippen molar-refractivity contribution in [3.63, 3.8) is 0 Å². The van der Waals surface area contributed by atoms with Gasteiger partial charge in [-0.05, 0) is 25.5 Å². The van der Waals surface area contributed by atoms with E-state index in [2.05, 4.69) is 5.32 Å². The minimum absolute atomic E-state index is 0.250. The summed E-state index contributed by atoms with van der Waals surface area (Å²) < 4.78 is 0. The lowest BCUT2D eigenvalue weighted by molar-refractivity contribution is -0.142. The first-order valence-electron chi connectivity index (χ1n) is 7.38.